The molecule has 0 amide bonds. The van der Waals surface area contributed by atoms with Gasteiger partial charge >= 0.3 is 0 Å². The van der Waals surface area contributed by atoms with Gasteiger partial charge in [-0.25, -0.2) is 9.97 Å². The molecule has 0 atom stereocenters. The average molecular weight is 236 g/mol. The Morgan fingerprint density at radius 1 is 0.882 bits per heavy atom. The number of thiophene rings is 1. The number of benzene rings is 2. The van der Waals surface area contributed by atoms with E-state index in [2.05, 4.69) is 46.4 Å². The van der Waals surface area contributed by atoms with Crippen LogP contribution < -0.4 is 0 Å². The molecule has 17 heavy (non-hydrogen) atoms. The molecule has 2 aromatic heterocycles. The molecule has 80 valence electrons. The van der Waals surface area contributed by atoms with Crippen LogP contribution in [0.3, 0.4) is 0 Å². The Morgan fingerprint density at radius 2 is 1.82 bits per heavy atom. The zero-order valence-electron chi connectivity index (χ0n) is 8.92. The summed E-state index contributed by atoms with van der Waals surface area (Å²) in [6, 6.07) is 12.7. The van der Waals surface area contributed by atoms with Crippen molar-refractivity contribution in [2.45, 2.75) is 0 Å². The summed E-state index contributed by atoms with van der Waals surface area (Å²) in [5.74, 6) is 0. The van der Waals surface area contributed by atoms with Crippen molar-refractivity contribution >= 4 is 42.4 Å². The van der Waals surface area contributed by atoms with Gasteiger partial charge in [-0.15, -0.1) is 11.3 Å². The summed E-state index contributed by atoms with van der Waals surface area (Å²) < 4.78 is 2.62. The largest absolute Gasteiger partial charge is 0.244 e. The van der Waals surface area contributed by atoms with Gasteiger partial charge in [0, 0.05) is 31.8 Å². The van der Waals surface area contributed by atoms with Crippen LogP contribution in [0.2, 0.25) is 0 Å². The summed E-state index contributed by atoms with van der Waals surface area (Å²) in [5.41, 5.74) is 1.01. The summed E-state index contributed by atoms with van der Waals surface area (Å²) in [7, 11) is 0. The predicted molar refractivity (Wildman–Crippen MR) is 72.4 cm³/mol. The van der Waals surface area contributed by atoms with Crippen molar-refractivity contribution in [3.63, 3.8) is 0 Å². The first kappa shape index (κ1) is 9.07. The number of aromatic nitrogens is 2. The molecular weight excluding hydrogens is 228 g/mol. The molecular formula is C14H8N2S. The second kappa shape index (κ2) is 3.25. The predicted octanol–water partition coefficient (Wildman–Crippen LogP) is 4.00. The van der Waals surface area contributed by atoms with Crippen molar-refractivity contribution in [1.29, 1.82) is 0 Å². The highest BCUT2D eigenvalue weighted by atomic mass is 32.1. The Hall–Kier alpha value is -2.00. The van der Waals surface area contributed by atoms with Crippen LogP contribution in [0.4, 0.5) is 0 Å². The Kier molecular flexibility index (Phi) is 1.73. The SMILES string of the molecule is c1ccc2c(c1)sc1ccc3ncncc3c12. The molecule has 4 rings (SSSR count). The molecule has 0 saturated carbocycles. The smallest absolute Gasteiger partial charge is 0.116 e. The van der Waals surface area contributed by atoms with E-state index in [0.717, 1.165) is 10.9 Å². The van der Waals surface area contributed by atoms with Gasteiger partial charge < -0.3 is 0 Å². The van der Waals surface area contributed by atoms with E-state index < -0.39 is 0 Å². The zero-order chi connectivity index (χ0) is 11.2. The molecule has 0 fully saturated rings. The Bertz CT molecular complexity index is 842. The van der Waals surface area contributed by atoms with E-state index in [9.17, 15) is 0 Å². The third-order valence-corrected chi connectivity index (χ3v) is 4.16. The van der Waals surface area contributed by atoms with Crippen LogP contribution in [0.25, 0.3) is 31.1 Å². The fourth-order valence-electron chi connectivity index (χ4n) is 2.28. The first-order valence-electron chi connectivity index (χ1n) is 5.43. The number of hydrogen-bond donors (Lipinski definition) is 0. The topological polar surface area (TPSA) is 25.8 Å². The van der Waals surface area contributed by atoms with E-state index >= 15 is 0 Å². The summed E-state index contributed by atoms with van der Waals surface area (Å²) in [4.78, 5) is 8.45. The quantitative estimate of drug-likeness (QED) is 0.461. The number of nitrogens with zero attached hydrogens (tertiary/aromatic N) is 2. The lowest BCUT2D eigenvalue weighted by Crippen LogP contribution is -1.80. The molecule has 2 heterocycles. The second-order valence-corrected chi connectivity index (χ2v) is 5.08. The van der Waals surface area contributed by atoms with E-state index in [4.69, 9.17) is 0 Å². The van der Waals surface area contributed by atoms with Gasteiger partial charge in [-0.2, -0.15) is 0 Å². The molecule has 0 N–H and O–H groups in total. The van der Waals surface area contributed by atoms with Crippen LogP contribution in [0.15, 0.2) is 48.9 Å². The highest BCUT2D eigenvalue weighted by Crippen LogP contribution is 2.37. The Labute approximate surface area is 102 Å². The molecule has 0 spiro atoms. The third-order valence-electron chi connectivity index (χ3n) is 3.03. The summed E-state index contributed by atoms with van der Waals surface area (Å²) >= 11 is 1.82. The Morgan fingerprint density at radius 3 is 2.82 bits per heavy atom. The third kappa shape index (κ3) is 1.20. The number of fused-ring (bicyclic) bond motifs is 5. The summed E-state index contributed by atoms with van der Waals surface area (Å²) in [5, 5.41) is 3.72. The molecule has 0 bridgehead atoms. The van der Waals surface area contributed by atoms with Gasteiger partial charge in [0.2, 0.25) is 0 Å². The number of hydrogen-bond acceptors (Lipinski definition) is 3. The van der Waals surface area contributed by atoms with Gasteiger partial charge in [-0.05, 0) is 18.2 Å². The van der Waals surface area contributed by atoms with Gasteiger partial charge in [0.15, 0.2) is 0 Å². The van der Waals surface area contributed by atoms with Gasteiger partial charge in [-0.1, -0.05) is 18.2 Å². The van der Waals surface area contributed by atoms with E-state index in [1.54, 1.807) is 6.33 Å². The molecule has 0 aliphatic heterocycles. The standard InChI is InChI=1S/C14H8N2S/c1-2-4-12-9(3-1)14-10-7-15-8-16-11(10)5-6-13(14)17-12/h1-8H. The molecule has 0 saturated heterocycles. The molecule has 2 aromatic carbocycles. The summed E-state index contributed by atoms with van der Waals surface area (Å²) in [6.45, 7) is 0. The summed E-state index contributed by atoms with van der Waals surface area (Å²) in [6.07, 6.45) is 3.51. The second-order valence-electron chi connectivity index (χ2n) is 3.99. The fraction of sp³-hybridized carbons (Fsp3) is 0. The van der Waals surface area contributed by atoms with Crippen molar-refractivity contribution in [1.82, 2.24) is 9.97 Å². The van der Waals surface area contributed by atoms with Crippen LogP contribution in [0, 0.1) is 0 Å². The van der Waals surface area contributed by atoms with E-state index in [1.807, 2.05) is 17.5 Å². The molecule has 4 aromatic rings. The minimum atomic E-state index is 1.01. The van der Waals surface area contributed by atoms with Gasteiger partial charge in [-0.3, -0.25) is 0 Å². The van der Waals surface area contributed by atoms with Gasteiger partial charge in [0.1, 0.15) is 6.33 Å². The molecule has 3 heteroatoms. The molecule has 0 unspecified atom stereocenters. The van der Waals surface area contributed by atoms with Crippen LogP contribution in [-0.4, -0.2) is 9.97 Å². The van der Waals surface area contributed by atoms with Crippen molar-refractivity contribution in [3.05, 3.63) is 48.9 Å². The lowest BCUT2D eigenvalue weighted by atomic mass is 10.1. The first-order chi connectivity index (χ1) is 8.43. The monoisotopic (exact) mass is 236 g/mol. The van der Waals surface area contributed by atoms with E-state index in [0.29, 0.717) is 0 Å². The van der Waals surface area contributed by atoms with Crippen LogP contribution >= 0.6 is 11.3 Å². The highest BCUT2D eigenvalue weighted by molar-refractivity contribution is 7.26. The maximum Gasteiger partial charge on any atom is 0.116 e. The highest BCUT2D eigenvalue weighted by Gasteiger charge is 2.08. The maximum atomic E-state index is 4.31. The maximum absolute atomic E-state index is 4.31. The zero-order valence-corrected chi connectivity index (χ0v) is 9.74. The van der Waals surface area contributed by atoms with Crippen LogP contribution in [0.1, 0.15) is 0 Å². The fourth-order valence-corrected chi connectivity index (χ4v) is 3.40. The lowest BCUT2D eigenvalue weighted by Gasteiger charge is -1.98. The minimum absolute atomic E-state index is 1.01. The molecule has 0 aliphatic rings. The van der Waals surface area contributed by atoms with E-state index in [-0.39, 0.29) is 0 Å². The molecule has 0 aliphatic carbocycles. The van der Waals surface area contributed by atoms with Crippen molar-refractivity contribution < 1.29 is 0 Å². The van der Waals surface area contributed by atoms with Crippen LogP contribution in [-0.2, 0) is 0 Å². The lowest BCUT2D eigenvalue weighted by molar-refractivity contribution is 1.23. The van der Waals surface area contributed by atoms with Crippen molar-refractivity contribution in [3.8, 4) is 0 Å². The Balaban J connectivity index is 2.38. The van der Waals surface area contributed by atoms with Gasteiger partial charge in [0.05, 0.1) is 5.52 Å². The minimum Gasteiger partial charge on any atom is -0.244 e. The average Bonchev–Trinajstić information content (AvgIpc) is 2.77. The normalized spacial score (nSPS) is 11.5. The van der Waals surface area contributed by atoms with Crippen molar-refractivity contribution in [2.24, 2.45) is 0 Å². The van der Waals surface area contributed by atoms with Crippen molar-refractivity contribution in [2.75, 3.05) is 0 Å². The number of rotatable bonds is 0. The molecule has 2 nitrogen and oxygen atoms in total. The first-order valence-corrected chi connectivity index (χ1v) is 6.25. The molecule has 0 radical (unpaired) electrons. The van der Waals surface area contributed by atoms with E-state index in [1.165, 1.54) is 20.2 Å². The van der Waals surface area contributed by atoms with Crippen LogP contribution in [0.5, 0.6) is 0 Å². The van der Waals surface area contributed by atoms with Gasteiger partial charge in [0.25, 0.3) is 0 Å².